The molecule has 0 saturated heterocycles. The predicted molar refractivity (Wildman–Crippen MR) is 81.7 cm³/mol. The van der Waals surface area contributed by atoms with E-state index in [9.17, 15) is 8.42 Å². The van der Waals surface area contributed by atoms with Crippen molar-refractivity contribution >= 4 is 10.1 Å². The van der Waals surface area contributed by atoms with Gasteiger partial charge in [0.25, 0.3) is 10.1 Å². The molecule has 0 amide bonds. The van der Waals surface area contributed by atoms with Crippen LogP contribution >= 0.6 is 0 Å². The molecule has 118 valence electrons. The molecular formula is C14H32NNaO3S. The van der Waals surface area contributed by atoms with Crippen molar-refractivity contribution in [1.82, 2.24) is 0 Å². The minimum Gasteiger partial charge on any atom is -1.00 e. The first-order valence-electron chi connectivity index (χ1n) is 7.69. The SMILES string of the molecule is CCCCCCCCCCCCOS(=O)(=O)CCN.[H-].[Na+]. The average Bonchev–Trinajstić information content (AvgIpc) is 2.36. The number of rotatable bonds is 14. The minimum atomic E-state index is -3.37. The van der Waals surface area contributed by atoms with E-state index in [1.165, 1.54) is 51.4 Å². The van der Waals surface area contributed by atoms with Crippen molar-refractivity contribution in [1.29, 1.82) is 0 Å². The van der Waals surface area contributed by atoms with Crippen molar-refractivity contribution in [2.75, 3.05) is 18.9 Å². The van der Waals surface area contributed by atoms with Gasteiger partial charge in [-0.2, -0.15) is 8.42 Å². The van der Waals surface area contributed by atoms with Gasteiger partial charge in [-0.25, -0.2) is 0 Å². The zero-order valence-electron chi connectivity index (χ0n) is 14.4. The molecule has 20 heavy (non-hydrogen) atoms. The molecule has 2 N–H and O–H groups in total. The van der Waals surface area contributed by atoms with Gasteiger partial charge in [-0.3, -0.25) is 4.18 Å². The van der Waals surface area contributed by atoms with Gasteiger partial charge in [0.1, 0.15) is 0 Å². The zero-order chi connectivity index (χ0) is 14.4. The molecule has 0 aromatic heterocycles. The third-order valence-electron chi connectivity index (χ3n) is 3.13. The molecule has 0 aliphatic carbocycles. The summed E-state index contributed by atoms with van der Waals surface area (Å²) in [5, 5.41) is 0. The van der Waals surface area contributed by atoms with Gasteiger partial charge in [-0.05, 0) is 6.42 Å². The van der Waals surface area contributed by atoms with Crippen LogP contribution in [0.3, 0.4) is 0 Å². The van der Waals surface area contributed by atoms with E-state index >= 15 is 0 Å². The van der Waals surface area contributed by atoms with E-state index in [2.05, 4.69) is 6.92 Å². The van der Waals surface area contributed by atoms with E-state index in [0.717, 1.165) is 12.8 Å². The van der Waals surface area contributed by atoms with Gasteiger partial charge in [0.05, 0.1) is 12.4 Å². The van der Waals surface area contributed by atoms with E-state index in [1.807, 2.05) is 0 Å². The summed E-state index contributed by atoms with van der Waals surface area (Å²) in [7, 11) is -3.37. The summed E-state index contributed by atoms with van der Waals surface area (Å²) in [5.41, 5.74) is 5.18. The fraction of sp³-hybridized carbons (Fsp3) is 1.00. The molecular weight excluding hydrogens is 285 g/mol. The van der Waals surface area contributed by atoms with Crippen molar-refractivity contribution in [2.45, 2.75) is 71.1 Å². The van der Waals surface area contributed by atoms with E-state index in [4.69, 9.17) is 9.92 Å². The second kappa shape index (κ2) is 16.2. The maximum Gasteiger partial charge on any atom is 1.00 e. The van der Waals surface area contributed by atoms with Crippen LogP contribution in [-0.4, -0.2) is 27.3 Å². The van der Waals surface area contributed by atoms with Gasteiger partial charge in [-0.1, -0.05) is 64.7 Å². The Labute approximate surface area is 149 Å². The Hall–Kier alpha value is 0.870. The number of unbranched alkanes of at least 4 members (excludes halogenated alkanes) is 9. The monoisotopic (exact) mass is 317 g/mol. The second-order valence-electron chi connectivity index (χ2n) is 5.05. The maximum atomic E-state index is 11.2. The molecule has 0 fully saturated rings. The standard InChI is InChI=1S/C14H31NO3S.Na.H/c1-2-3-4-5-6-7-8-9-10-11-13-18-19(16,17)14-12-15;;/h2-15H2,1H3;;/q;+1;-1. The molecule has 0 aromatic carbocycles. The van der Waals surface area contributed by atoms with Crippen LogP contribution in [0.4, 0.5) is 0 Å². The van der Waals surface area contributed by atoms with E-state index in [1.54, 1.807) is 0 Å². The summed E-state index contributed by atoms with van der Waals surface area (Å²) in [6.45, 7) is 2.66. The smallest absolute Gasteiger partial charge is 1.00 e. The molecule has 0 bridgehead atoms. The molecule has 6 heteroatoms. The summed E-state index contributed by atoms with van der Waals surface area (Å²) >= 11 is 0. The van der Waals surface area contributed by atoms with Crippen LogP contribution < -0.4 is 35.3 Å². The molecule has 0 aromatic rings. The quantitative estimate of drug-likeness (QED) is 0.285. The van der Waals surface area contributed by atoms with Crippen LogP contribution in [0.25, 0.3) is 0 Å². The van der Waals surface area contributed by atoms with Crippen molar-refractivity contribution in [3.63, 3.8) is 0 Å². The van der Waals surface area contributed by atoms with Gasteiger partial charge in [0.15, 0.2) is 0 Å². The fourth-order valence-electron chi connectivity index (χ4n) is 1.98. The Morgan fingerprint density at radius 1 is 0.900 bits per heavy atom. The average molecular weight is 317 g/mol. The summed E-state index contributed by atoms with van der Waals surface area (Å²) in [5.74, 6) is -0.0786. The topological polar surface area (TPSA) is 69.4 Å². The van der Waals surface area contributed by atoms with Crippen LogP contribution in [-0.2, 0) is 14.3 Å². The Bertz CT molecular complexity index is 290. The number of nitrogens with two attached hydrogens (primary N) is 1. The molecule has 0 saturated carbocycles. The van der Waals surface area contributed by atoms with Crippen molar-refractivity contribution < 1.29 is 43.6 Å². The fourth-order valence-corrected chi connectivity index (χ4v) is 2.76. The van der Waals surface area contributed by atoms with Crippen molar-refractivity contribution in [3.8, 4) is 0 Å². The van der Waals surface area contributed by atoms with Gasteiger partial charge < -0.3 is 7.16 Å². The number of hydrogen-bond donors (Lipinski definition) is 1. The van der Waals surface area contributed by atoms with Crippen LogP contribution in [0, 0.1) is 0 Å². The molecule has 0 radical (unpaired) electrons. The predicted octanol–water partition coefficient (Wildman–Crippen LogP) is 0.329. The van der Waals surface area contributed by atoms with Crippen LogP contribution in [0.15, 0.2) is 0 Å². The summed E-state index contributed by atoms with van der Waals surface area (Å²) in [4.78, 5) is 0. The molecule has 4 nitrogen and oxygen atoms in total. The zero-order valence-corrected chi connectivity index (χ0v) is 16.2. The normalized spacial score (nSPS) is 11.3. The number of hydrogen-bond acceptors (Lipinski definition) is 4. The summed E-state index contributed by atoms with van der Waals surface area (Å²) in [6.07, 6.45) is 12.3. The van der Waals surface area contributed by atoms with Crippen molar-refractivity contribution in [3.05, 3.63) is 0 Å². The van der Waals surface area contributed by atoms with Crippen LogP contribution in [0.5, 0.6) is 0 Å². The van der Waals surface area contributed by atoms with Gasteiger partial charge in [0.2, 0.25) is 0 Å². The van der Waals surface area contributed by atoms with Crippen molar-refractivity contribution in [2.24, 2.45) is 5.73 Å². The van der Waals surface area contributed by atoms with Crippen LogP contribution in [0.2, 0.25) is 0 Å². The Kier molecular flexibility index (Phi) is 18.8. The molecule has 0 heterocycles. The molecule has 0 atom stereocenters. The van der Waals surface area contributed by atoms with E-state index in [-0.39, 0.29) is 43.3 Å². The largest absolute Gasteiger partial charge is 1.00 e. The van der Waals surface area contributed by atoms with Gasteiger partial charge in [-0.15, -0.1) is 0 Å². The van der Waals surface area contributed by atoms with Gasteiger partial charge in [0, 0.05) is 6.54 Å². The molecule has 0 unspecified atom stereocenters. The maximum absolute atomic E-state index is 11.2. The first-order valence-corrected chi connectivity index (χ1v) is 9.27. The van der Waals surface area contributed by atoms with Gasteiger partial charge >= 0.3 is 29.6 Å². The summed E-state index contributed by atoms with van der Waals surface area (Å²) in [6, 6.07) is 0. The van der Waals surface area contributed by atoms with E-state index < -0.39 is 10.1 Å². The Morgan fingerprint density at radius 2 is 1.35 bits per heavy atom. The summed E-state index contributed by atoms with van der Waals surface area (Å²) < 4.78 is 27.2. The molecule has 0 aliphatic heterocycles. The van der Waals surface area contributed by atoms with E-state index in [0.29, 0.717) is 6.61 Å². The third kappa shape index (κ3) is 16.9. The Balaban J connectivity index is -0.00000162. The molecule has 0 rings (SSSR count). The van der Waals surface area contributed by atoms with Crippen LogP contribution in [0.1, 0.15) is 72.6 Å². The second-order valence-corrected chi connectivity index (χ2v) is 6.81. The third-order valence-corrected chi connectivity index (χ3v) is 4.39. The Morgan fingerprint density at radius 3 is 1.80 bits per heavy atom. The minimum absolute atomic E-state index is 0. The first-order chi connectivity index (χ1) is 9.12. The first kappa shape index (κ1) is 23.1. The molecule has 0 aliphatic rings. The molecule has 0 spiro atoms.